The molecule has 0 spiro atoms. The summed E-state index contributed by atoms with van der Waals surface area (Å²) in [4.78, 5) is 19.5. The first-order chi connectivity index (χ1) is 8.74. The fourth-order valence-corrected chi connectivity index (χ4v) is 2.63. The molecule has 0 bridgehead atoms. The molecular weight excluding hydrogens is 250 g/mol. The van der Waals surface area contributed by atoms with Crippen molar-refractivity contribution in [2.24, 2.45) is 5.92 Å². The molecule has 0 unspecified atom stereocenters. The minimum Gasteiger partial charge on any atom is -0.481 e. The Morgan fingerprint density at radius 3 is 3.11 bits per heavy atom. The number of aliphatic carboxylic acids is 1. The number of hydrogen-bond donors (Lipinski definition) is 1. The summed E-state index contributed by atoms with van der Waals surface area (Å²) < 4.78 is 2.06. The Balaban J connectivity index is 1.96. The molecule has 1 aliphatic carbocycles. The molecule has 0 saturated heterocycles. The second-order valence-electron chi connectivity index (χ2n) is 4.48. The van der Waals surface area contributed by atoms with Crippen molar-refractivity contribution < 1.29 is 9.90 Å². The molecular formula is C12H13N3O2S. The lowest BCUT2D eigenvalue weighted by atomic mass is 10.4. The minimum absolute atomic E-state index is 0.0357. The molecule has 1 N–H and O–H groups in total. The smallest absolute Gasteiger partial charge is 0.313 e. The van der Waals surface area contributed by atoms with Crippen LogP contribution >= 0.6 is 11.8 Å². The molecule has 6 heteroatoms. The number of thioether (sulfide) groups is 1. The van der Waals surface area contributed by atoms with Crippen LogP contribution in [0.15, 0.2) is 23.5 Å². The van der Waals surface area contributed by atoms with Gasteiger partial charge < -0.3 is 9.67 Å². The van der Waals surface area contributed by atoms with Gasteiger partial charge in [0.1, 0.15) is 5.52 Å². The SMILES string of the molecule is O=C(O)CSc1nc2cccnc2n1CC1CC1. The highest BCUT2D eigenvalue weighted by atomic mass is 32.2. The molecule has 3 rings (SSSR count). The predicted molar refractivity (Wildman–Crippen MR) is 68.6 cm³/mol. The topological polar surface area (TPSA) is 68.0 Å². The third-order valence-electron chi connectivity index (χ3n) is 2.93. The van der Waals surface area contributed by atoms with Crippen molar-refractivity contribution in [2.45, 2.75) is 24.5 Å². The summed E-state index contributed by atoms with van der Waals surface area (Å²) in [7, 11) is 0. The van der Waals surface area contributed by atoms with Gasteiger partial charge in [-0.15, -0.1) is 0 Å². The van der Waals surface area contributed by atoms with Crippen molar-refractivity contribution >= 4 is 28.9 Å². The maximum Gasteiger partial charge on any atom is 0.313 e. The number of imidazole rings is 1. The number of carboxylic acids is 1. The van der Waals surface area contributed by atoms with Crippen molar-refractivity contribution in [3.05, 3.63) is 18.3 Å². The number of pyridine rings is 1. The third kappa shape index (κ3) is 2.33. The van der Waals surface area contributed by atoms with Crippen LogP contribution in [-0.4, -0.2) is 31.4 Å². The summed E-state index contributed by atoms with van der Waals surface area (Å²) in [5, 5.41) is 9.52. The lowest BCUT2D eigenvalue weighted by Crippen LogP contribution is -2.05. The first-order valence-corrected chi connectivity index (χ1v) is 6.88. The number of nitrogens with zero attached hydrogens (tertiary/aromatic N) is 3. The van der Waals surface area contributed by atoms with Crippen molar-refractivity contribution in [1.29, 1.82) is 0 Å². The third-order valence-corrected chi connectivity index (χ3v) is 3.89. The van der Waals surface area contributed by atoms with Crippen LogP contribution in [0.4, 0.5) is 0 Å². The van der Waals surface area contributed by atoms with Gasteiger partial charge in [-0.05, 0) is 30.9 Å². The van der Waals surface area contributed by atoms with E-state index in [1.165, 1.54) is 24.6 Å². The van der Waals surface area contributed by atoms with Crippen LogP contribution in [0.3, 0.4) is 0 Å². The van der Waals surface area contributed by atoms with Crippen molar-refractivity contribution in [2.75, 3.05) is 5.75 Å². The molecule has 0 amide bonds. The van der Waals surface area contributed by atoms with E-state index in [0.717, 1.165) is 22.9 Å². The number of aromatic nitrogens is 3. The number of carbonyl (C=O) groups is 1. The van der Waals surface area contributed by atoms with E-state index in [0.29, 0.717) is 5.92 Å². The molecule has 2 heterocycles. The van der Waals surface area contributed by atoms with E-state index < -0.39 is 5.97 Å². The second kappa shape index (κ2) is 4.61. The van der Waals surface area contributed by atoms with Crippen LogP contribution in [-0.2, 0) is 11.3 Å². The standard InChI is InChI=1S/C12H13N3O2S/c16-10(17)7-18-12-14-9-2-1-5-13-11(9)15(12)6-8-3-4-8/h1-2,5,8H,3-4,6-7H2,(H,16,17). The predicted octanol–water partition coefficient (Wildman–Crippen LogP) is 2.02. The van der Waals surface area contributed by atoms with Crippen molar-refractivity contribution in [3.8, 4) is 0 Å². The highest BCUT2D eigenvalue weighted by molar-refractivity contribution is 7.99. The number of rotatable bonds is 5. The van der Waals surface area contributed by atoms with Crippen LogP contribution in [0, 0.1) is 5.92 Å². The Morgan fingerprint density at radius 1 is 1.56 bits per heavy atom. The summed E-state index contributed by atoms with van der Waals surface area (Å²) in [5.74, 6) is -0.0832. The van der Waals surface area contributed by atoms with E-state index in [1.807, 2.05) is 12.1 Å². The van der Waals surface area contributed by atoms with Gasteiger partial charge in [0.2, 0.25) is 0 Å². The van der Waals surface area contributed by atoms with Gasteiger partial charge in [0.25, 0.3) is 0 Å². The van der Waals surface area contributed by atoms with Crippen molar-refractivity contribution in [1.82, 2.24) is 14.5 Å². The summed E-state index contributed by atoms with van der Waals surface area (Å²) in [6.45, 7) is 0.898. The molecule has 94 valence electrons. The molecule has 5 nitrogen and oxygen atoms in total. The fraction of sp³-hybridized carbons (Fsp3) is 0.417. The average Bonchev–Trinajstić information content (AvgIpc) is 3.09. The monoisotopic (exact) mass is 263 g/mol. The van der Waals surface area contributed by atoms with E-state index in [9.17, 15) is 4.79 Å². The first kappa shape index (κ1) is 11.5. The lowest BCUT2D eigenvalue weighted by Gasteiger charge is -2.05. The van der Waals surface area contributed by atoms with Gasteiger partial charge in [-0.3, -0.25) is 4.79 Å². The summed E-state index contributed by atoms with van der Waals surface area (Å²) >= 11 is 1.26. The molecule has 0 atom stereocenters. The zero-order valence-corrected chi connectivity index (χ0v) is 10.6. The molecule has 1 fully saturated rings. The number of fused-ring (bicyclic) bond motifs is 1. The molecule has 2 aromatic rings. The largest absolute Gasteiger partial charge is 0.481 e. The van der Waals surface area contributed by atoms with Crippen LogP contribution in [0.25, 0.3) is 11.2 Å². The Kier molecular flexibility index (Phi) is 2.95. The number of hydrogen-bond acceptors (Lipinski definition) is 4. The first-order valence-electron chi connectivity index (χ1n) is 5.90. The molecule has 1 saturated carbocycles. The Hall–Kier alpha value is -1.56. The second-order valence-corrected chi connectivity index (χ2v) is 5.42. The summed E-state index contributed by atoms with van der Waals surface area (Å²) in [6.07, 6.45) is 4.24. The Bertz CT molecular complexity index is 592. The van der Waals surface area contributed by atoms with E-state index in [2.05, 4.69) is 14.5 Å². The van der Waals surface area contributed by atoms with Crippen LogP contribution in [0.1, 0.15) is 12.8 Å². The summed E-state index contributed by atoms with van der Waals surface area (Å²) in [6, 6.07) is 3.76. The zero-order chi connectivity index (χ0) is 12.5. The highest BCUT2D eigenvalue weighted by Gasteiger charge is 2.24. The highest BCUT2D eigenvalue weighted by Crippen LogP contribution is 2.33. The van der Waals surface area contributed by atoms with E-state index >= 15 is 0 Å². The number of carboxylic acid groups (broad SMARTS) is 1. The van der Waals surface area contributed by atoms with Gasteiger partial charge >= 0.3 is 5.97 Å². The maximum absolute atomic E-state index is 10.7. The van der Waals surface area contributed by atoms with Crippen LogP contribution in [0.2, 0.25) is 0 Å². The molecule has 0 aliphatic heterocycles. The van der Waals surface area contributed by atoms with Crippen molar-refractivity contribution in [3.63, 3.8) is 0 Å². The van der Waals surface area contributed by atoms with Gasteiger partial charge in [-0.1, -0.05) is 11.8 Å². The minimum atomic E-state index is -0.821. The van der Waals surface area contributed by atoms with Gasteiger partial charge in [0, 0.05) is 12.7 Å². The van der Waals surface area contributed by atoms with E-state index in [-0.39, 0.29) is 5.75 Å². The van der Waals surface area contributed by atoms with Gasteiger partial charge in [-0.2, -0.15) is 0 Å². The summed E-state index contributed by atoms with van der Waals surface area (Å²) in [5.41, 5.74) is 1.70. The maximum atomic E-state index is 10.7. The molecule has 0 aromatic carbocycles. The van der Waals surface area contributed by atoms with E-state index in [4.69, 9.17) is 5.11 Å². The van der Waals surface area contributed by atoms with E-state index in [1.54, 1.807) is 6.20 Å². The van der Waals surface area contributed by atoms with Gasteiger partial charge in [0.05, 0.1) is 5.75 Å². The quantitative estimate of drug-likeness (QED) is 0.836. The van der Waals surface area contributed by atoms with Gasteiger partial charge in [0.15, 0.2) is 10.8 Å². The Morgan fingerprint density at radius 2 is 2.39 bits per heavy atom. The fourth-order valence-electron chi connectivity index (χ4n) is 1.90. The zero-order valence-electron chi connectivity index (χ0n) is 9.74. The van der Waals surface area contributed by atoms with Crippen LogP contribution < -0.4 is 0 Å². The molecule has 2 aromatic heterocycles. The average molecular weight is 263 g/mol. The normalized spacial score (nSPS) is 15.1. The van der Waals surface area contributed by atoms with Gasteiger partial charge in [-0.25, -0.2) is 9.97 Å². The molecule has 1 aliphatic rings. The molecule has 0 radical (unpaired) electrons. The van der Waals surface area contributed by atoms with Crippen LogP contribution in [0.5, 0.6) is 0 Å². The molecule has 18 heavy (non-hydrogen) atoms. The Labute approximate surface area is 108 Å². The lowest BCUT2D eigenvalue weighted by molar-refractivity contribution is -0.133.